The Morgan fingerprint density at radius 1 is 0.964 bits per heavy atom. The fourth-order valence-corrected chi connectivity index (χ4v) is 3.35. The number of pyridine rings is 1. The lowest BCUT2D eigenvalue weighted by molar-refractivity contribution is 0.596. The lowest BCUT2D eigenvalue weighted by Crippen LogP contribution is -2.21. The van der Waals surface area contributed by atoms with Gasteiger partial charge in [-0.25, -0.2) is 14.4 Å². The van der Waals surface area contributed by atoms with Crippen molar-refractivity contribution in [1.29, 1.82) is 0 Å². The van der Waals surface area contributed by atoms with Gasteiger partial charge in [0.25, 0.3) is 5.56 Å². The molecule has 0 bridgehead atoms. The first-order valence-electron chi connectivity index (χ1n) is 8.85. The minimum Gasteiger partial charge on any atom is -0.306 e. The summed E-state index contributed by atoms with van der Waals surface area (Å²) in [7, 11) is 0. The summed E-state index contributed by atoms with van der Waals surface area (Å²) in [5.41, 5.74) is 3.38. The van der Waals surface area contributed by atoms with E-state index in [4.69, 9.17) is 0 Å². The van der Waals surface area contributed by atoms with Crippen molar-refractivity contribution in [1.82, 2.24) is 18.9 Å². The van der Waals surface area contributed by atoms with Gasteiger partial charge in [-0.1, -0.05) is 24.3 Å². The highest BCUT2D eigenvalue weighted by atomic mass is 19.1. The molecule has 0 aliphatic carbocycles. The molecule has 5 rings (SSSR count). The van der Waals surface area contributed by atoms with Crippen LogP contribution in [0.15, 0.2) is 84.3 Å². The molecule has 136 valence electrons. The minimum atomic E-state index is -0.358. The number of hydrogen-bond acceptors (Lipinski definition) is 3. The molecule has 5 nitrogen and oxygen atoms in total. The minimum absolute atomic E-state index is 0.128. The standard InChI is InChI=1S/C22H15FN4O/c23-19-11-15(16-7-8-21-24-9-10-26(21)12-16)5-6-17(19)13-27-14-25-20-4-2-1-3-18(20)22(27)28/h1-12,14H,13H2. The first kappa shape index (κ1) is 16.4. The van der Waals surface area contributed by atoms with E-state index in [0.717, 1.165) is 16.8 Å². The normalized spacial score (nSPS) is 11.3. The molecule has 3 heterocycles. The maximum Gasteiger partial charge on any atom is 0.261 e. The summed E-state index contributed by atoms with van der Waals surface area (Å²) in [6.45, 7) is 0.128. The van der Waals surface area contributed by atoms with E-state index in [9.17, 15) is 9.18 Å². The summed E-state index contributed by atoms with van der Waals surface area (Å²) in [4.78, 5) is 21.1. The molecule has 0 amide bonds. The van der Waals surface area contributed by atoms with E-state index < -0.39 is 0 Å². The number of rotatable bonds is 3. The molecule has 0 unspecified atom stereocenters. The molecule has 5 aromatic rings. The Balaban J connectivity index is 1.50. The highest BCUT2D eigenvalue weighted by Crippen LogP contribution is 2.23. The van der Waals surface area contributed by atoms with Gasteiger partial charge in [0.1, 0.15) is 11.5 Å². The second kappa shape index (κ2) is 6.42. The van der Waals surface area contributed by atoms with Gasteiger partial charge in [0, 0.05) is 24.2 Å². The molecular weight excluding hydrogens is 355 g/mol. The third kappa shape index (κ3) is 2.75. The van der Waals surface area contributed by atoms with Crippen LogP contribution in [0, 0.1) is 5.82 Å². The highest BCUT2D eigenvalue weighted by Gasteiger charge is 2.09. The molecule has 2 aromatic carbocycles. The lowest BCUT2D eigenvalue weighted by atomic mass is 10.0. The zero-order valence-electron chi connectivity index (χ0n) is 14.8. The largest absolute Gasteiger partial charge is 0.306 e. The van der Waals surface area contributed by atoms with Gasteiger partial charge in [0.2, 0.25) is 0 Å². The van der Waals surface area contributed by atoms with E-state index in [1.165, 1.54) is 17.0 Å². The Morgan fingerprint density at radius 2 is 1.82 bits per heavy atom. The van der Waals surface area contributed by atoms with Gasteiger partial charge in [-0.15, -0.1) is 0 Å². The van der Waals surface area contributed by atoms with Crippen molar-refractivity contribution in [3.8, 4) is 11.1 Å². The SMILES string of the molecule is O=c1c2ccccc2ncn1Cc1ccc(-c2ccc3nccn3c2)cc1F. The molecule has 0 saturated heterocycles. The number of benzene rings is 2. The van der Waals surface area contributed by atoms with Gasteiger partial charge in [-0.05, 0) is 41.5 Å². The summed E-state index contributed by atoms with van der Waals surface area (Å²) in [6, 6.07) is 16.0. The van der Waals surface area contributed by atoms with Crippen molar-refractivity contribution in [2.75, 3.05) is 0 Å². The van der Waals surface area contributed by atoms with Crippen LogP contribution in [-0.2, 0) is 6.54 Å². The second-order valence-corrected chi connectivity index (χ2v) is 6.61. The maximum absolute atomic E-state index is 14.8. The third-order valence-electron chi connectivity index (χ3n) is 4.85. The molecule has 0 aliphatic heterocycles. The smallest absolute Gasteiger partial charge is 0.261 e. The van der Waals surface area contributed by atoms with Crippen LogP contribution in [-0.4, -0.2) is 18.9 Å². The number of nitrogens with zero attached hydrogens (tertiary/aromatic N) is 4. The number of para-hydroxylation sites is 1. The highest BCUT2D eigenvalue weighted by molar-refractivity contribution is 5.76. The van der Waals surface area contributed by atoms with Crippen LogP contribution < -0.4 is 5.56 Å². The monoisotopic (exact) mass is 370 g/mol. The zero-order chi connectivity index (χ0) is 19.1. The summed E-state index contributed by atoms with van der Waals surface area (Å²) in [6.07, 6.45) is 6.94. The quantitative estimate of drug-likeness (QED) is 0.484. The predicted molar refractivity (Wildman–Crippen MR) is 106 cm³/mol. The van der Waals surface area contributed by atoms with Crippen LogP contribution in [0.2, 0.25) is 0 Å². The van der Waals surface area contributed by atoms with Gasteiger partial charge in [0.15, 0.2) is 0 Å². The van der Waals surface area contributed by atoms with E-state index in [1.807, 2.05) is 41.1 Å². The van der Waals surface area contributed by atoms with Crippen LogP contribution >= 0.6 is 0 Å². The molecule has 0 fully saturated rings. The van der Waals surface area contributed by atoms with Crippen LogP contribution in [0.25, 0.3) is 27.7 Å². The fourth-order valence-electron chi connectivity index (χ4n) is 3.35. The van der Waals surface area contributed by atoms with Gasteiger partial charge >= 0.3 is 0 Å². The van der Waals surface area contributed by atoms with Gasteiger partial charge in [-0.3, -0.25) is 9.36 Å². The number of hydrogen-bond donors (Lipinski definition) is 0. The van der Waals surface area contributed by atoms with E-state index in [2.05, 4.69) is 9.97 Å². The van der Waals surface area contributed by atoms with Crippen molar-refractivity contribution < 1.29 is 4.39 Å². The molecule has 28 heavy (non-hydrogen) atoms. The van der Waals surface area contributed by atoms with Crippen LogP contribution in [0.5, 0.6) is 0 Å². The molecule has 6 heteroatoms. The van der Waals surface area contributed by atoms with Gasteiger partial charge < -0.3 is 4.40 Å². The molecule has 0 atom stereocenters. The van der Waals surface area contributed by atoms with E-state index >= 15 is 0 Å². The Kier molecular flexibility index (Phi) is 3.76. The topological polar surface area (TPSA) is 52.2 Å². The first-order chi connectivity index (χ1) is 13.7. The Bertz CT molecular complexity index is 1390. The Hall–Kier alpha value is -3.80. The van der Waals surface area contributed by atoms with Crippen molar-refractivity contribution in [2.45, 2.75) is 6.54 Å². The van der Waals surface area contributed by atoms with E-state index in [1.54, 1.807) is 30.5 Å². The van der Waals surface area contributed by atoms with Gasteiger partial charge in [0.05, 0.1) is 23.8 Å². The molecular formula is C22H15FN4O. The maximum atomic E-state index is 14.8. The fraction of sp³-hybridized carbons (Fsp3) is 0.0455. The van der Waals surface area contributed by atoms with Crippen LogP contribution in [0.3, 0.4) is 0 Å². The van der Waals surface area contributed by atoms with Crippen molar-refractivity contribution in [3.05, 3.63) is 101 Å². The van der Waals surface area contributed by atoms with Crippen LogP contribution in [0.4, 0.5) is 4.39 Å². The lowest BCUT2D eigenvalue weighted by Gasteiger charge is -2.10. The summed E-state index contributed by atoms with van der Waals surface area (Å²) in [5.74, 6) is -0.358. The van der Waals surface area contributed by atoms with Crippen LogP contribution in [0.1, 0.15) is 5.56 Å². The molecule has 0 N–H and O–H groups in total. The van der Waals surface area contributed by atoms with Gasteiger partial charge in [-0.2, -0.15) is 0 Å². The summed E-state index contributed by atoms with van der Waals surface area (Å²) < 4.78 is 18.1. The third-order valence-corrected chi connectivity index (χ3v) is 4.85. The predicted octanol–water partition coefficient (Wildman–Crippen LogP) is 3.90. The van der Waals surface area contributed by atoms with E-state index in [-0.39, 0.29) is 17.9 Å². The zero-order valence-corrected chi connectivity index (χ0v) is 14.8. The number of fused-ring (bicyclic) bond motifs is 2. The molecule has 3 aromatic heterocycles. The Labute approximate surface area is 159 Å². The second-order valence-electron chi connectivity index (χ2n) is 6.61. The Morgan fingerprint density at radius 3 is 2.71 bits per heavy atom. The number of aromatic nitrogens is 4. The van der Waals surface area contributed by atoms with Crippen molar-refractivity contribution in [3.63, 3.8) is 0 Å². The van der Waals surface area contributed by atoms with E-state index in [0.29, 0.717) is 16.5 Å². The molecule has 0 aliphatic rings. The average Bonchev–Trinajstić information content (AvgIpc) is 3.19. The average molecular weight is 370 g/mol. The number of imidazole rings is 1. The molecule has 0 saturated carbocycles. The summed E-state index contributed by atoms with van der Waals surface area (Å²) in [5, 5.41) is 0.524. The van der Waals surface area contributed by atoms with Crippen molar-refractivity contribution in [2.24, 2.45) is 0 Å². The molecule has 0 spiro atoms. The van der Waals surface area contributed by atoms with Crippen molar-refractivity contribution >= 4 is 16.6 Å². The number of halogens is 1. The summed E-state index contributed by atoms with van der Waals surface area (Å²) >= 11 is 0. The molecule has 0 radical (unpaired) electrons. The first-order valence-corrected chi connectivity index (χ1v) is 8.85.